The summed E-state index contributed by atoms with van der Waals surface area (Å²) in [4.78, 5) is 11.9. The normalized spacial score (nSPS) is 13.0. The smallest absolute Gasteiger partial charge is 0.341 e. The SMILES string of the molecule is N#CC(OC(=O)[C@H](O)c1ccccc1)c1ccccc1. The van der Waals surface area contributed by atoms with Crippen LogP contribution >= 0.6 is 0 Å². The monoisotopic (exact) mass is 267 g/mol. The number of aliphatic hydroxyl groups excluding tert-OH is 1. The molecule has 0 amide bonds. The molecule has 0 bridgehead atoms. The van der Waals surface area contributed by atoms with E-state index in [-0.39, 0.29) is 0 Å². The maximum atomic E-state index is 11.9. The number of carbonyl (C=O) groups is 1. The number of nitriles is 1. The summed E-state index contributed by atoms with van der Waals surface area (Å²) in [6.07, 6.45) is -2.42. The van der Waals surface area contributed by atoms with Crippen LogP contribution in [0, 0.1) is 11.3 Å². The van der Waals surface area contributed by atoms with E-state index < -0.39 is 18.2 Å². The lowest BCUT2D eigenvalue weighted by atomic mass is 10.1. The maximum Gasteiger partial charge on any atom is 0.341 e. The summed E-state index contributed by atoms with van der Waals surface area (Å²) < 4.78 is 5.05. The third-order valence-electron chi connectivity index (χ3n) is 2.79. The molecule has 2 atom stereocenters. The molecule has 0 aliphatic heterocycles. The molecule has 0 fully saturated rings. The lowest BCUT2D eigenvalue weighted by Crippen LogP contribution is -2.18. The van der Waals surface area contributed by atoms with Crippen molar-refractivity contribution in [2.75, 3.05) is 0 Å². The van der Waals surface area contributed by atoms with Crippen LogP contribution in [0.4, 0.5) is 0 Å². The number of benzene rings is 2. The molecule has 0 aromatic heterocycles. The van der Waals surface area contributed by atoms with Crippen LogP contribution in [0.2, 0.25) is 0 Å². The van der Waals surface area contributed by atoms with E-state index >= 15 is 0 Å². The Bertz CT molecular complexity index is 605. The van der Waals surface area contributed by atoms with Gasteiger partial charge >= 0.3 is 5.97 Å². The lowest BCUT2D eigenvalue weighted by molar-refractivity contribution is -0.157. The zero-order valence-electron chi connectivity index (χ0n) is 10.6. The highest BCUT2D eigenvalue weighted by atomic mass is 16.6. The van der Waals surface area contributed by atoms with E-state index in [0.717, 1.165) is 0 Å². The molecule has 1 unspecified atom stereocenters. The Balaban J connectivity index is 2.09. The first-order valence-electron chi connectivity index (χ1n) is 6.10. The highest BCUT2D eigenvalue weighted by Crippen LogP contribution is 2.21. The number of rotatable bonds is 4. The average Bonchev–Trinajstić information content (AvgIpc) is 2.53. The summed E-state index contributed by atoms with van der Waals surface area (Å²) in [5.41, 5.74) is 1.01. The number of carbonyl (C=O) groups excluding carboxylic acids is 1. The van der Waals surface area contributed by atoms with Crippen molar-refractivity contribution >= 4 is 5.97 Å². The van der Waals surface area contributed by atoms with Crippen molar-refractivity contribution in [3.63, 3.8) is 0 Å². The van der Waals surface area contributed by atoms with Crippen molar-refractivity contribution in [3.8, 4) is 6.07 Å². The minimum Gasteiger partial charge on any atom is -0.440 e. The second kappa shape index (κ2) is 6.50. The second-order valence-corrected chi connectivity index (χ2v) is 4.17. The van der Waals surface area contributed by atoms with E-state index in [0.29, 0.717) is 11.1 Å². The molecule has 0 saturated carbocycles. The minimum atomic E-state index is -1.39. The van der Waals surface area contributed by atoms with E-state index in [1.807, 2.05) is 6.07 Å². The van der Waals surface area contributed by atoms with E-state index in [1.54, 1.807) is 60.7 Å². The van der Waals surface area contributed by atoms with Crippen LogP contribution in [0.15, 0.2) is 60.7 Å². The summed E-state index contributed by atoms with van der Waals surface area (Å²) in [5.74, 6) is -0.841. The zero-order chi connectivity index (χ0) is 14.4. The van der Waals surface area contributed by atoms with E-state index in [1.165, 1.54) is 0 Å². The van der Waals surface area contributed by atoms with Crippen LogP contribution in [0.5, 0.6) is 0 Å². The number of esters is 1. The fraction of sp³-hybridized carbons (Fsp3) is 0.125. The number of nitrogens with zero attached hydrogens (tertiary/aromatic N) is 1. The molecule has 1 N–H and O–H groups in total. The molecule has 2 aromatic carbocycles. The molecule has 20 heavy (non-hydrogen) atoms. The highest BCUT2D eigenvalue weighted by Gasteiger charge is 2.23. The van der Waals surface area contributed by atoms with Crippen LogP contribution in [-0.2, 0) is 9.53 Å². The number of hydrogen-bond donors (Lipinski definition) is 1. The summed E-state index contributed by atoms with van der Waals surface area (Å²) in [5, 5.41) is 19.0. The van der Waals surface area contributed by atoms with E-state index in [4.69, 9.17) is 10.00 Å². The van der Waals surface area contributed by atoms with Crippen molar-refractivity contribution < 1.29 is 14.6 Å². The van der Waals surface area contributed by atoms with Crippen molar-refractivity contribution in [1.82, 2.24) is 0 Å². The van der Waals surface area contributed by atoms with Crippen molar-refractivity contribution in [1.29, 1.82) is 5.26 Å². The number of ether oxygens (including phenoxy) is 1. The van der Waals surface area contributed by atoms with Crippen LogP contribution in [0.25, 0.3) is 0 Å². The van der Waals surface area contributed by atoms with Crippen molar-refractivity contribution in [2.24, 2.45) is 0 Å². The van der Waals surface area contributed by atoms with Gasteiger partial charge in [0.25, 0.3) is 0 Å². The van der Waals surface area contributed by atoms with E-state index in [9.17, 15) is 9.90 Å². The van der Waals surface area contributed by atoms with Crippen molar-refractivity contribution in [2.45, 2.75) is 12.2 Å². The molecule has 0 aliphatic carbocycles. The van der Waals surface area contributed by atoms with Gasteiger partial charge < -0.3 is 9.84 Å². The summed E-state index contributed by atoms with van der Waals surface area (Å²) in [7, 11) is 0. The van der Waals surface area contributed by atoms with Gasteiger partial charge in [-0.05, 0) is 5.56 Å². The van der Waals surface area contributed by atoms with Crippen LogP contribution in [0.3, 0.4) is 0 Å². The quantitative estimate of drug-likeness (QED) is 0.864. The van der Waals surface area contributed by atoms with Gasteiger partial charge in [-0.15, -0.1) is 0 Å². The average molecular weight is 267 g/mol. The van der Waals surface area contributed by atoms with Gasteiger partial charge in [0.1, 0.15) is 6.07 Å². The molecule has 0 aliphatic rings. The van der Waals surface area contributed by atoms with Crippen LogP contribution in [-0.4, -0.2) is 11.1 Å². The summed E-state index contributed by atoms with van der Waals surface area (Å²) in [6, 6.07) is 19.0. The molecular formula is C16H13NO3. The van der Waals surface area contributed by atoms with Crippen LogP contribution in [0.1, 0.15) is 23.3 Å². The third kappa shape index (κ3) is 3.22. The van der Waals surface area contributed by atoms with Gasteiger partial charge in [-0.25, -0.2) is 4.79 Å². The van der Waals surface area contributed by atoms with Gasteiger partial charge in [0.05, 0.1) is 0 Å². The Hall–Kier alpha value is -2.64. The standard InChI is InChI=1S/C16H13NO3/c17-11-14(12-7-3-1-4-8-12)20-16(19)15(18)13-9-5-2-6-10-13/h1-10,14-15,18H/t14?,15-/m1/s1. The lowest BCUT2D eigenvalue weighted by Gasteiger charge is -2.14. The zero-order valence-corrected chi connectivity index (χ0v) is 10.6. The molecule has 0 radical (unpaired) electrons. The number of aliphatic hydroxyl groups is 1. The van der Waals surface area contributed by atoms with Gasteiger partial charge in [-0.3, -0.25) is 0 Å². The Labute approximate surface area is 116 Å². The largest absolute Gasteiger partial charge is 0.440 e. The predicted molar refractivity (Wildman–Crippen MR) is 72.3 cm³/mol. The van der Waals surface area contributed by atoms with Gasteiger partial charge in [-0.2, -0.15) is 5.26 Å². The maximum absolute atomic E-state index is 11.9. The molecule has 2 rings (SSSR count). The van der Waals surface area contributed by atoms with Crippen LogP contribution < -0.4 is 0 Å². The Morgan fingerprint density at radius 2 is 1.50 bits per heavy atom. The Morgan fingerprint density at radius 3 is 2.00 bits per heavy atom. The van der Waals surface area contributed by atoms with Gasteiger partial charge in [0.2, 0.25) is 6.10 Å². The molecule has 0 saturated heterocycles. The molecule has 0 heterocycles. The molecule has 2 aromatic rings. The van der Waals surface area contributed by atoms with Gasteiger partial charge in [-0.1, -0.05) is 60.7 Å². The number of hydrogen-bond acceptors (Lipinski definition) is 4. The minimum absolute atomic E-state index is 0.433. The summed E-state index contributed by atoms with van der Waals surface area (Å²) >= 11 is 0. The second-order valence-electron chi connectivity index (χ2n) is 4.17. The Morgan fingerprint density at radius 1 is 1.00 bits per heavy atom. The molecule has 0 spiro atoms. The summed E-state index contributed by atoms with van der Waals surface area (Å²) in [6.45, 7) is 0. The molecular weight excluding hydrogens is 254 g/mol. The van der Waals surface area contributed by atoms with Gasteiger partial charge in [0, 0.05) is 5.56 Å². The van der Waals surface area contributed by atoms with E-state index in [2.05, 4.69) is 0 Å². The Kier molecular flexibility index (Phi) is 4.48. The first-order chi connectivity index (χ1) is 9.72. The fourth-order valence-electron chi connectivity index (χ4n) is 1.75. The van der Waals surface area contributed by atoms with Crippen molar-refractivity contribution in [3.05, 3.63) is 71.8 Å². The topological polar surface area (TPSA) is 70.3 Å². The first kappa shape index (κ1) is 13.8. The third-order valence-corrected chi connectivity index (χ3v) is 2.79. The molecule has 4 heteroatoms. The molecule has 100 valence electrons. The molecule has 4 nitrogen and oxygen atoms in total. The van der Waals surface area contributed by atoms with Gasteiger partial charge in [0.15, 0.2) is 6.10 Å². The first-order valence-corrected chi connectivity index (χ1v) is 6.10. The predicted octanol–water partition coefficient (Wildman–Crippen LogP) is 2.53. The highest BCUT2D eigenvalue weighted by molar-refractivity contribution is 5.76. The fourth-order valence-corrected chi connectivity index (χ4v) is 1.75.